The third kappa shape index (κ3) is 7.06. The van der Waals surface area contributed by atoms with E-state index in [1.165, 1.54) is 36.4 Å². The van der Waals surface area contributed by atoms with E-state index in [4.69, 9.17) is 5.73 Å². The van der Waals surface area contributed by atoms with E-state index in [0.29, 0.717) is 0 Å². The van der Waals surface area contributed by atoms with Crippen LogP contribution in [0.25, 0.3) is 0 Å². The second kappa shape index (κ2) is 12.2. The number of ketones is 2. The number of nitrogen functional groups attached to an aromatic ring is 1. The molecule has 0 bridgehead atoms. The molecule has 1 aliphatic carbocycles. The van der Waals surface area contributed by atoms with Gasteiger partial charge in [-0.05, 0) is 35.7 Å². The van der Waals surface area contributed by atoms with Crippen molar-refractivity contribution in [3.05, 3.63) is 88.0 Å². The van der Waals surface area contributed by atoms with Crippen LogP contribution in [0.1, 0.15) is 43.0 Å². The van der Waals surface area contributed by atoms with E-state index >= 15 is 0 Å². The van der Waals surface area contributed by atoms with E-state index in [1.807, 2.05) is 0 Å². The molecular formula is C22H15NNa2O11S3. The van der Waals surface area contributed by atoms with Gasteiger partial charge in [0.15, 0.2) is 17.5 Å². The molecule has 0 fully saturated rings. The van der Waals surface area contributed by atoms with Crippen molar-refractivity contribution in [2.24, 2.45) is 0 Å². The van der Waals surface area contributed by atoms with Crippen molar-refractivity contribution in [1.82, 2.24) is 0 Å². The van der Waals surface area contributed by atoms with Crippen LogP contribution in [0.5, 0.6) is 0 Å². The molecule has 3 aromatic carbocycles. The number of carbonyl (C=O) groups excluding carboxylic acids is 2. The van der Waals surface area contributed by atoms with Crippen molar-refractivity contribution >= 4 is 47.6 Å². The Kier molecular flexibility index (Phi) is 10.5. The molecule has 0 radical (unpaired) electrons. The fourth-order valence-electron chi connectivity index (χ4n) is 3.98. The predicted molar refractivity (Wildman–Crippen MR) is 124 cm³/mol. The SMILES string of the molecule is Nc1c(S(=O)(=O)[O-])cc(Cc2cccc(S(=O)(=O)COS(=O)(=O)[O-])c2)c2c1C(=O)c1ccccc1C2=O.[Na+].[Na+]. The summed E-state index contributed by atoms with van der Waals surface area (Å²) in [7, 11) is -14.9. The fourth-order valence-corrected chi connectivity index (χ4v) is 6.36. The Hall–Kier alpha value is -1.47. The van der Waals surface area contributed by atoms with Gasteiger partial charge < -0.3 is 14.8 Å². The molecule has 0 unspecified atom stereocenters. The number of carbonyl (C=O) groups is 2. The van der Waals surface area contributed by atoms with Gasteiger partial charge in [-0.3, -0.25) is 13.8 Å². The fraction of sp³-hybridized carbons (Fsp3) is 0.0909. The minimum Gasteiger partial charge on any atom is -0.744 e. The molecule has 0 aliphatic heterocycles. The largest absolute Gasteiger partial charge is 1.00 e. The summed E-state index contributed by atoms with van der Waals surface area (Å²) in [4.78, 5) is 25.2. The van der Waals surface area contributed by atoms with Gasteiger partial charge in [0.1, 0.15) is 10.1 Å². The zero-order valence-corrected chi connectivity index (χ0v) is 26.9. The maximum absolute atomic E-state index is 13.3. The molecule has 3 aromatic rings. The number of sulfone groups is 1. The average Bonchev–Trinajstić information content (AvgIpc) is 2.81. The van der Waals surface area contributed by atoms with Crippen LogP contribution in [0.4, 0.5) is 5.69 Å². The normalized spacial score (nSPS) is 13.1. The van der Waals surface area contributed by atoms with E-state index in [2.05, 4.69) is 4.18 Å². The first-order chi connectivity index (χ1) is 17.1. The summed E-state index contributed by atoms with van der Waals surface area (Å²) in [5.41, 5.74) is 4.63. The number of benzene rings is 3. The summed E-state index contributed by atoms with van der Waals surface area (Å²) in [5, 5.41) is 0. The van der Waals surface area contributed by atoms with Gasteiger partial charge in [0, 0.05) is 16.7 Å². The molecule has 1 aliphatic rings. The molecule has 17 heteroatoms. The Morgan fingerprint density at radius 1 is 0.769 bits per heavy atom. The molecule has 2 N–H and O–H groups in total. The van der Waals surface area contributed by atoms with Crippen LogP contribution in [0.3, 0.4) is 0 Å². The molecule has 0 saturated carbocycles. The molecule has 12 nitrogen and oxygen atoms in total. The monoisotopic (exact) mass is 611 g/mol. The van der Waals surface area contributed by atoms with Crippen molar-refractivity contribution < 1.29 is 107 Å². The van der Waals surface area contributed by atoms with E-state index < -0.39 is 68.9 Å². The van der Waals surface area contributed by atoms with Gasteiger partial charge in [-0.2, -0.15) is 0 Å². The van der Waals surface area contributed by atoms with Crippen molar-refractivity contribution in [2.45, 2.75) is 16.2 Å². The molecule has 0 saturated heterocycles. The summed E-state index contributed by atoms with van der Waals surface area (Å²) < 4.78 is 96.4. The number of nitrogens with two attached hydrogens (primary N) is 1. The molecule has 0 aromatic heterocycles. The second-order valence-electron chi connectivity index (χ2n) is 7.94. The second-order valence-corrected chi connectivity index (χ2v) is 12.3. The number of anilines is 1. The van der Waals surface area contributed by atoms with Crippen LogP contribution in [-0.4, -0.2) is 51.9 Å². The van der Waals surface area contributed by atoms with Gasteiger partial charge in [-0.25, -0.2) is 25.3 Å². The Balaban J connectivity index is 0.00000267. The van der Waals surface area contributed by atoms with Gasteiger partial charge >= 0.3 is 59.1 Å². The third-order valence-electron chi connectivity index (χ3n) is 5.55. The molecule has 0 spiro atoms. The van der Waals surface area contributed by atoms with E-state index in [1.54, 1.807) is 0 Å². The molecule has 0 heterocycles. The first-order valence-corrected chi connectivity index (χ1v) is 14.5. The zero-order chi connectivity index (χ0) is 27.3. The number of rotatable bonds is 7. The molecule has 0 atom stereocenters. The summed E-state index contributed by atoms with van der Waals surface area (Å²) >= 11 is 0. The summed E-state index contributed by atoms with van der Waals surface area (Å²) in [5.74, 6) is -2.87. The van der Waals surface area contributed by atoms with Crippen LogP contribution in [0.2, 0.25) is 0 Å². The molecule has 4 rings (SSSR count). The van der Waals surface area contributed by atoms with Crippen LogP contribution < -0.4 is 64.8 Å². The maximum atomic E-state index is 13.3. The van der Waals surface area contributed by atoms with Gasteiger partial charge in [-0.1, -0.05) is 36.4 Å². The van der Waals surface area contributed by atoms with Crippen LogP contribution in [0.15, 0.2) is 64.4 Å². The van der Waals surface area contributed by atoms with Crippen molar-refractivity contribution in [3.63, 3.8) is 0 Å². The van der Waals surface area contributed by atoms with Crippen molar-refractivity contribution in [2.75, 3.05) is 11.7 Å². The number of hydrogen-bond donors (Lipinski definition) is 1. The third-order valence-corrected chi connectivity index (χ3v) is 8.38. The van der Waals surface area contributed by atoms with Crippen LogP contribution >= 0.6 is 0 Å². The molecule has 194 valence electrons. The minimum atomic E-state index is -5.29. The van der Waals surface area contributed by atoms with Crippen molar-refractivity contribution in [1.29, 1.82) is 0 Å². The van der Waals surface area contributed by atoms with Gasteiger partial charge in [-0.15, -0.1) is 0 Å². The first kappa shape index (κ1) is 33.7. The van der Waals surface area contributed by atoms with Crippen molar-refractivity contribution in [3.8, 4) is 0 Å². The van der Waals surface area contributed by atoms with Crippen LogP contribution in [0, 0.1) is 0 Å². The Bertz CT molecular complexity index is 1820. The summed E-state index contributed by atoms with van der Waals surface area (Å²) in [6, 6.07) is 11.5. The topological polar surface area (TPSA) is 218 Å². The average molecular weight is 612 g/mol. The maximum Gasteiger partial charge on any atom is 1.00 e. The summed E-state index contributed by atoms with van der Waals surface area (Å²) in [6.45, 7) is 0. The standard InChI is InChI=1S/C22H17NO11S3.2Na/c23-20-17(36(28,29)30)10-13(18-19(20)22(25)16-7-2-1-6-15(16)21(18)24)8-12-4-3-5-14(9-12)35(26,27)11-34-37(31,32)33;;/h1-7,9-10H,8,11,23H2,(H,28,29,30)(H,31,32,33);;/q;2*+1/p-2. The van der Waals surface area contributed by atoms with E-state index in [0.717, 1.165) is 18.2 Å². The summed E-state index contributed by atoms with van der Waals surface area (Å²) in [6.07, 6.45) is -0.323. The Labute approximate surface area is 268 Å². The predicted octanol–water partition coefficient (Wildman–Crippen LogP) is -5.24. The Morgan fingerprint density at radius 2 is 1.33 bits per heavy atom. The molecule has 0 amide bonds. The number of hydrogen-bond acceptors (Lipinski definition) is 12. The minimum absolute atomic E-state index is 0. The molecular weight excluding hydrogens is 596 g/mol. The molecule has 39 heavy (non-hydrogen) atoms. The van der Waals surface area contributed by atoms with Gasteiger partial charge in [0.2, 0.25) is 20.2 Å². The zero-order valence-electron chi connectivity index (χ0n) is 20.4. The van der Waals surface area contributed by atoms with Gasteiger partial charge in [0.25, 0.3) is 0 Å². The Morgan fingerprint density at radius 3 is 1.87 bits per heavy atom. The quantitative estimate of drug-likeness (QED) is 0.0897. The van der Waals surface area contributed by atoms with Crippen LogP contribution in [-0.2, 0) is 41.0 Å². The first-order valence-electron chi connectivity index (χ1n) is 10.1. The van der Waals surface area contributed by atoms with E-state index in [-0.39, 0.29) is 93.4 Å². The smallest absolute Gasteiger partial charge is 0.744 e. The number of fused-ring (bicyclic) bond motifs is 2. The van der Waals surface area contributed by atoms with E-state index in [9.17, 15) is 43.9 Å². The van der Waals surface area contributed by atoms with Gasteiger partial charge in [0.05, 0.1) is 21.0 Å².